The normalized spacial score (nSPS) is 46.7. The van der Waals surface area contributed by atoms with E-state index < -0.39 is 16.6 Å². The molecule has 0 aromatic carbocycles. The van der Waals surface area contributed by atoms with Gasteiger partial charge in [-0.15, -0.1) is 0 Å². The maximum atomic E-state index is 7.17. The SMILES string of the molecule is C[C@@H](O[Si](C)(C)C)[C@H]1CCC2C3CC[C@@H]4CCCC[C@]4(C)C3[C@@H](O[Si](C)(C)C)C[C@@]21C. The molecule has 31 heavy (non-hydrogen) atoms. The van der Waals surface area contributed by atoms with Crippen molar-refractivity contribution in [1.82, 2.24) is 0 Å². The van der Waals surface area contributed by atoms with Crippen LogP contribution in [0.3, 0.4) is 0 Å². The van der Waals surface area contributed by atoms with Gasteiger partial charge in [0.1, 0.15) is 0 Å². The van der Waals surface area contributed by atoms with Crippen LogP contribution in [-0.4, -0.2) is 28.8 Å². The molecule has 9 atom stereocenters. The molecule has 0 radical (unpaired) electrons. The summed E-state index contributed by atoms with van der Waals surface area (Å²) in [7, 11) is -3.13. The first kappa shape index (κ1) is 24.5. The first-order valence-corrected chi connectivity index (χ1v) is 20.4. The van der Waals surface area contributed by atoms with Crippen molar-refractivity contribution in [2.75, 3.05) is 0 Å². The lowest BCUT2D eigenvalue weighted by Crippen LogP contribution is -2.60. The van der Waals surface area contributed by atoms with E-state index in [1.807, 2.05) is 0 Å². The smallest absolute Gasteiger partial charge is 0.184 e. The van der Waals surface area contributed by atoms with Gasteiger partial charge in [0.15, 0.2) is 16.6 Å². The maximum absolute atomic E-state index is 7.17. The molecule has 0 N–H and O–H groups in total. The lowest BCUT2D eigenvalue weighted by Gasteiger charge is -2.63. The topological polar surface area (TPSA) is 18.5 Å². The molecule has 0 aromatic heterocycles. The molecule has 0 amide bonds. The summed E-state index contributed by atoms with van der Waals surface area (Å²) in [5.41, 5.74) is 0.910. The largest absolute Gasteiger partial charge is 0.415 e. The van der Waals surface area contributed by atoms with Crippen molar-refractivity contribution in [2.45, 2.75) is 130 Å². The molecule has 0 bridgehead atoms. The molecule has 0 spiro atoms. The van der Waals surface area contributed by atoms with E-state index >= 15 is 0 Å². The van der Waals surface area contributed by atoms with Crippen molar-refractivity contribution in [3.63, 3.8) is 0 Å². The maximum Gasteiger partial charge on any atom is 0.184 e. The summed E-state index contributed by atoms with van der Waals surface area (Å²) >= 11 is 0. The van der Waals surface area contributed by atoms with Gasteiger partial charge in [-0.1, -0.05) is 26.7 Å². The molecule has 0 aromatic rings. The van der Waals surface area contributed by atoms with Crippen molar-refractivity contribution in [3.05, 3.63) is 0 Å². The lowest BCUT2D eigenvalue weighted by molar-refractivity contribution is -0.168. The fourth-order valence-electron chi connectivity index (χ4n) is 9.40. The molecular formula is C27H52O2Si2. The molecule has 4 rings (SSSR count). The van der Waals surface area contributed by atoms with Crippen molar-refractivity contribution in [3.8, 4) is 0 Å². The Hall–Kier alpha value is 0.354. The number of fused-ring (bicyclic) bond motifs is 5. The highest BCUT2D eigenvalue weighted by molar-refractivity contribution is 6.70. The molecule has 4 aliphatic carbocycles. The molecule has 180 valence electrons. The van der Waals surface area contributed by atoms with Gasteiger partial charge in [-0.05, 0) is 132 Å². The van der Waals surface area contributed by atoms with Gasteiger partial charge in [0.25, 0.3) is 0 Å². The predicted molar refractivity (Wildman–Crippen MR) is 137 cm³/mol. The monoisotopic (exact) mass is 464 g/mol. The van der Waals surface area contributed by atoms with Crippen molar-refractivity contribution >= 4 is 16.6 Å². The highest BCUT2D eigenvalue weighted by atomic mass is 28.4. The molecule has 4 heteroatoms. The number of hydrogen-bond acceptors (Lipinski definition) is 2. The first-order valence-electron chi connectivity index (χ1n) is 13.6. The highest BCUT2D eigenvalue weighted by Gasteiger charge is 2.64. The van der Waals surface area contributed by atoms with Crippen molar-refractivity contribution in [2.24, 2.45) is 40.4 Å². The van der Waals surface area contributed by atoms with Crippen LogP contribution in [0, 0.1) is 40.4 Å². The summed E-state index contributed by atoms with van der Waals surface area (Å²) in [6.45, 7) is 22.1. The summed E-state index contributed by atoms with van der Waals surface area (Å²) in [6.07, 6.45) is 13.7. The van der Waals surface area contributed by atoms with Crippen LogP contribution in [0.1, 0.15) is 78.6 Å². The van der Waals surface area contributed by atoms with Crippen LogP contribution >= 0.6 is 0 Å². The Morgan fingerprint density at radius 2 is 1.52 bits per heavy atom. The van der Waals surface area contributed by atoms with E-state index in [0.29, 0.717) is 29.0 Å². The Labute approximate surface area is 195 Å². The minimum absolute atomic E-state index is 0.391. The minimum Gasteiger partial charge on any atom is -0.415 e. The number of hydrogen-bond donors (Lipinski definition) is 0. The quantitative estimate of drug-likeness (QED) is 0.382. The zero-order chi connectivity index (χ0) is 22.8. The minimum atomic E-state index is -1.60. The molecule has 0 aliphatic heterocycles. The van der Waals surface area contributed by atoms with Gasteiger partial charge in [0.2, 0.25) is 0 Å². The van der Waals surface area contributed by atoms with Crippen LogP contribution < -0.4 is 0 Å². The Kier molecular flexibility index (Phi) is 6.50. The highest BCUT2D eigenvalue weighted by Crippen LogP contribution is 2.68. The standard InChI is InChI=1S/C27H52O2Si2/c1-19(28-30(4,5)6)22-15-16-23-21-14-13-20-12-10-11-17-26(20,2)25(21)24(18-27(22,23)3)29-31(7,8)9/h19-25H,10-18H2,1-9H3/t19-,20+,21?,22-,23?,24+,25?,26+,27-/m1/s1. The fraction of sp³-hybridized carbons (Fsp3) is 1.00. The molecule has 4 aliphatic rings. The molecule has 4 fully saturated rings. The Bertz CT molecular complexity index is 653. The van der Waals surface area contributed by atoms with Crippen LogP contribution in [0.4, 0.5) is 0 Å². The van der Waals surface area contributed by atoms with E-state index in [4.69, 9.17) is 8.85 Å². The van der Waals surface area contributed by atoms with Crippen LogP contribution in [0.15, 0.2) is 0 Å². The Morgan fingerprint density at radius 3 is 2.16 bits per heavy atom. The van der Waals surface area contributed by atoms with E-state index in [1.54, 1.807) is 0 Å². The second kappa shape index (κ2) is 8.24. The summed E-state index contributed by atoms with van der Waals surface area (Å²) in [4.78, 5) is 0. The third-order valence-corrected chi connectivity index (χ3v) is 12.3. The number of rotatable bonds is 5. The second-order valence-corrected chi connectivity index (χ2v) is 23.3. The zero-order valence-electron chi connectivity index (χ0n) is 22.2. The van der Waals surface area contributed by atoms with Gasteiger partial charge in [0, 0.05) is 12.2 Å². The van der Waals surface area contributed by atoms with Gasteiger partial charge < -0.3 is 8.85 Å². The van der Waals surface area contributed by atoms with Crippen LogP contribution in [-0.2, 0) is 8.85 Å². The summed E-state index contributed by atoms with van der Waals surface area (Å²) in [5, 5.41) is 0. The molecule has 4 saturated carbocycles. The van der Waals surface area contributed by atoms with Gasteiger partial charge >= 0.3 is 0 Å². The van der Waals surface area contributed by atoms with E-state index in [0.717, 1.165) is 23.7 Å². The van der Waals surface area contributed by atoms with Gasteiger partial charge in [0.05, 0.1) is 0 Å². The van der Waals surface area contributed by atoms with Gasteiger partial charge in [-0.25, -0.2) is 0 Å². The average Bonchev–Trinajstić information content (AvgIpc) is 2.94. The van der Waals surface area contributed by atoms with Crippen LogP contribution in [0.2, 0.25) is 39.3 Å². The summed E-state index contributed by atoms with van der Waals surface area (Å²) in [5.74, 6) is 4.21. The lowest BCUT2D eigenvalue weighted by atomic mass is 9.44. The molecular weight excluding hydrogens is 412 g/mol. The van der Waals surface area contributed by atoms with E-state index in [9.17, 15) is 0 Å². The van der Waals surface area contributed by atoms with Crippen LogP contribution in [0.5, 0.6) is 0 Å². The zero-order valence-corrected chi connectivity index (χ0v) is 24.2. The molecule has 0 heterocycles. The predicted octanol–water partition coefficient (Wildman–Crippen LogP) is 8.11. The molecule has 3 unspecified atom stereocenters. The van der Waals surface area contributed by atoms with Gasteiger partial charge in [-0.3, -0.25) is 0 Å². The fourth-order valence-corrected chi connectivity index (χ4v) is 11.8. The third kappa shape index (κ3) is 4.54. The van der Waals surface area contributed by atoms with E-state index in [-0.39, 0.29) is 0 Å². The summed E-state index contributed by atoms with van der Waals surface area (Å²) < 4.78 is 13.9. The Morgan fingerprint density at radius 1 is 0.806 bits per heavy atom. The second-order valence-electron chi connectivity index (χ2n) is 14.4. The average molecular weight is 465 g/mol. The Balaban J connectivity index is 1.68. The van der Waals surface area contributed by atoms with Gasteiger partial charge in [-0.2, -0.15) is 0 Å². The molecule has 0 saturated heterocycles. The van der Waals surface area contributed by atoms with Crippen molar-refractivity contribution in [1.29, 1.82) is 0 Å². The van der Waals surface area contributed by atoms with E-state index in [1.165, 1.54) is 57.8 Å². The van der Waals surface area contributed by atoms with E-state index in [2.05, 4.69) is 60.1 Å². The molecule has 2 nitrogen and oxygen atoms in total. The first-order chi connectivity index (χ1) is 14.2. The summed E-state index contributed by atoms with van der Waals surface area (Å²) in [6, 6.07) is 0. The van der Waals surface area contributed by atoms with Crippen LogP contribution in [0.25, 0.3) is 0 Å². The van der Waals surface area contributed by atoms with Crippen molar-refractivity contribution < 1.29 is 8.85 Å². The third-order valence-electron chi connectivity index (χ3n) is 10.2.